The fraction of sp³-hybridized carbons (Fsp3) is 0.500. The Kier molecular flexibility index (Phi) is 8.46. The lowest BCUT2D eigenvalue weighted by molar-refractivity contribution is -0.135. The maximum absolute atomic E-state index is 12.7. The summed E-state index contributed by atoms with van der Waals surface area (Å²) in [5.74, 6) is 0.191. The molecule has 0 aromatic heterocycles. The second kappa shape index (κ2) is 10.3. The monoisotopic (exact) mass is 349 g/mol. The van der Waals surface area contributed by atoms with Gasteiger partial charge < -0.3 is 20.3 Å². The smallest absolute Gasteiger partial charge is 0.245 e. The van der Waals surface area contributed by atoms with Crippen molar-refractivity contribution in [3.05, 3.63) is 29.8 Å². The van der Waals surface area contributed by atoms with E-state index in [0.717, 1.165) is 5.56 Å². The Hall–Kier alpha value is -2.57. The van der Waals surface area contributed by atoms with Crippen molar-refractivity contribution in [3.63, 3.8) is 0 Å². The first-order chi connectivity index (χ1) is 11.9. The lowest BCUT2D eigenvalue weighted by Gasteiger charge is -2.24. The van der Waals surface area contributed by atoms with E-state index in [9.17, 15) is 14.4 Å². The summed E-state index contributed by atoms with van der Waals surface area (Å²) in [6.07, 6.45) is 1.29. The Bertz CT molecular complexity index is 604. The van der Waals surface area contributed by atoms with Gasteiger partial charge in [0.1, 0.15) is 11.8 Å². The quantitative estimate of drug-likeness (QED) is 0.688. The summed E-state index contributed by atoms with van der Waals surface area (Å²) < 4.78 is 5.19. The van der Waals surface area contributed by atoms with Crippen LogP contribution in [0.3, 0.4) is 0 Å². The highest BCUT2D eigenvalue weighted by Crippen LogP contribution is 2.15. The van der Waals surface area contributed by atoms with Gasteiger partial charge in [-0.15, -0.1) is 0 Å². The molecule has 1 atom stereocenters. The number of nitrogens with one attached hydrogen (secondary N) is 2. The van der Waals surface area contributed by atoms with Crippen molar-refractivity contribution in [3.8, 4) is 5.75 Å². The lowest BCUT2D eigenvalue weighted by Crippen LogP contribution is -2.48. The molecule has 2 N–H and O–H groups in total. The molecule has 0 radical (unpaired) electrons. The van der Waals surface area contributed by atoms with Crippen LogP contribution in [0.4, 0.5) is 0 Å². The molecule has 0 saturated carbocycles. The predicted octanol–water partition coefficient (Wildman–Crippen LogP) is 0.727. The zero-order chi connectivity index (χ0) is 18.8. The van der Waals surface area contributed by atoms with E-state index in [1.54, 1.807) is 26.1 Å². The highest BCUT2D eigenvalue weighted by atomic mass is 16.5. The fourth-order valence-corrected chi connectivity index (χ4v) is 2.46. The van der Waals surface area contributed by atoms with Crippen molar-refractivity contribution in [1.29, 1.82) is 0 Å². The summed E-state index contributed by atoms with van der Waals surface area (Å²) in [5.41, 5.74) is 0.894. The van der Waals surface area contributed by atoms with E-state index in [1.165, 1.54) is 6.92 Å². The third kappa shape index (κ3) is 7.24. The summed E-state index contributed by atoms with van der Waals surface area (Å²) >= 11 is 0. The van der Waals surface area contributed by atoms with E-state index in [2.05, 4.69) is 10.6 Å². The van der Waals surface area contributed by atoms with Crippen LogP contribution in [0.25, 0.3) is 0 Å². The molecule has 0 aliphatic carbocycles. The Balaban J connectivity index is 2.73. The molecule has 3 amide bonds. The van der Waals surface area contributed by atoms with Crippen molar-refractivity contribution < 1.29 is 19.1 Å². The second-order valence-corrected chi connectivity index (χ2v) is 5.85. The molecule has 1 aromatic rings. The number of hydrogen-bond acceptors (Lipinski definition) is 4. The number of likely N-dealkylation sites (N-methyl/N-ethyl adjacent to an activating group) is 1. The Morgan fingerprint density at radius 2 is 2.00 bits per heavy atom. The molecule has 138 valence electrons. The summed E-state index contributed by atoms with van der Waals surface area (Å²) in [6.45, 7) is 1.83. The predicted molar refractivity (Wildman–Crippen MR) is 95.2 cm³/mol. The van der Waals surface area contributed by atoms with E-state index in [0.29, 0.717) is 31.6 Å². The Labute approximate surface area is 148 Å². The Morgan fingerprint density at radius 1 is 1.28 bits per heavy atom. The molecule has 1 rings (SSSR count). The topological polar surface area (TPSA) is 87.7 Å². The largest absolute Gasteiger partial charge is 0.497 e. The summed E-state index contributed by atoms with van der Waals surface area (Å²) in [4.78, 5) is 36.9. The number of amides is 3. The van der Waals surface area contributed by atoms with Crippen LogP contribution in [0.15, 0.2) is 24.3 Å². The molecule has 0 bridgehead atoms. The molecule has 0 saturated heterocycles. The molecule has 0 fully saturated rings. The lowest BCUT2D eigenvalue weighted by atomic mass is 10.0. The fourth-order valence-electron chi connectivity index (χ4n) is 2.46. The number of rotatable bonds is 9. The number of carbonyl (C=O) groups is 3. The standard InChI is InChI=1S/C18H27N3O4/c1-13(22)20-16(12-14-7-5-8-15(11-14)25-4)18(24)21(3)10-6-9-17(23)19-2/h5,7-8,11,16H,6,9-10,12H2,1-4H3,(H,19,23)(H,20,22). The van der Waals surface area contributed by atoms with Crippen LogP contribution in [0.5, 0.6) is 5.75 Å². The summed E-state index contributed by atoms with van der Waals surface area (Å²) in [6, 6.07) is 6.74. The third-order valence-electron chi connectivity index (χ3n) is 3.80. The van der Waals surface area contributed by atoms with Crippen LogP contribution in [-0.2, 0) is 20.8 Å². The first-order valence-corrected chi connectivity index (χ1v) is 8.23. The van der Waals surface area contributed by atoms with Gasteiger partial charge in [0.2, 0.25) is 17.7 Å². The summed E-state index contributed by atoms with van der Waals surface area (Å²) in [7, 11) is 4.83. The molecule has 7 nitrogen and oxygen atoms in total. The maximum Gasteiger partial charge on any atom is 0.245 e. The van der Waals surface area contributed by atoms with Gasteiger partial charge in [-0.25, -0.2) is 0 Å². The first kappa shape index (κ1) is 20.5. The van der Waals surface area contributed by atoms with Gasteiger partial charge >= 0.3 is 0 Å². The average molecular weight is 349 g/mol. The van der Waals surface area contributed by atoms with Crippen LogP contribution in [0, 0.1) is 0 Å². The van der Waals surface area contributed by atoms with Gasteiger partial charge in [-0.05, 0) is 24.1 Å². The number of benzene rings is 1. The minimum Gasteiger partial charge on any atom is -0.497 e. The van der Waals surface area contributed by atoms with Gasteiger partial charge in [0.05, 0.1) is 7.11 Å². The number of ether oxygens (including phenoxy) is 1. The average Bonchev–Trinajstić information content (AvgIpc) is 2.59. The normalized spacial score (nSPS) is 11.4. The molecule has 1 aromatic carbocycles. The van der Waals surface area contributed by atoms with Crippen molar-refractivity contribution in [1.82, 2.24) is 15.5 Å². The minimum absolute atomic E-state index is 0.0596. The van der Waals surface area contributed by atoms with Crippen molar-refractivity contribution in [2.24, 2.45) is 0 Å². The van der Waals surface area contributed by atoms with E-state index < -0.39 is 6.04 Å². The van der Waals surface area contributed by atoms with E-state index in [-0.39, 0.29) is 17.7 Å². The van der Waals surface area contributed by atoms with Crippen LogP contribution in [-0.4, -0.2) is 56.4 Å². The van der Waals surface area contributed by atoms with Crippen molar-refractivity contribution in [2.45, 2.75) is 32.2 Å². The van der Waals surface area contributed by atoms with Crippen molar-refractivity contribution in [2.75, 3.05) is 27.7 Å². The van der Waals surface area contributed by atoms with Gasteiger partial charge in [-0.1, -0.05) is 12.1 Å². The van der Waals surface area contributed by atoms with Crippen LogP contribution < -0.4 is 15.4 Å². The molecule has 0 spiro atoms. The van der Waals surface area contributed by atoms with Gasteiger partial charge in [0.25, 0.3) is 0 Å². The highest BCUT2D eigenvalue weighted by Gasteiger charge is 2.23. The number of hydrogen-bond donors (Lipinski definition) is 2. The zero-order valence-electron chi connectivity index (χ0n) is 15.3. The molecular weight excluding hydrogens is 322 g/mol. The number of carbonyl (C=O) groups excluding carboxylic acids is 3. The molecule has 0 aliphatic rings. The zero-order valence-corrected chi connectivity index (χ0v) is 15.3. The van der Waals surface area contributed by atoms with Gasteiger partial charge in [0.15, 0.2) is 0 Å². The minimum atomic E-state index is -0.658. The van der Waals surface area contributed by atoms with Crippen LogP contribution >= 0.6 is 0 Å². The van der Waals surface area contributed by atoms with Gasteiger partial charge in [-0.2, -0.15) is 0 Å². The highest BCUT2D eigenvalue weighted by molar-refractivity contribution is 5.87. The molecule has 7 heteroatoms. The SMILES string of the molecule is CNC(=O)CCCN(C)C(=O)C(Cc1cccc(OC)c1)NC(C)=O. The molecule has 1 unspecified atom stereocenters. The first-order valence-electron chi connectivity index (χ1n) is 8.23. The molecule has 0 aliphatic heterocycles. The van der Waals surface area contributed by atoms with Crippen LogP contribution in [0.1, 0.15) is 25.3 Å². The van der Waals surface area contributed by atoms with Gasteiger partial charge in [0, 0.05) is 40.4 Å². The Morgan fingerprint density at radius 3 is 2.60 bits per heavy atom. The maximum atomic E-state index is 12.7. The number of methoxy groups -OCH3 is 1. The molecule has 0 heterocycles. The van der Waals surface area contributed by atoms with E-state index in [4.69, 9.17) is 4.74 Å². The van der Waals surface area contributed by atoms with E-state index in [1.807, 2.05) is 24.3 Å². The number of nitrogens with zero attached hydrogens (tertiary/aromatic N) is 1. The van der Waals surface area contributed by atoms with Gasteiger partial charge in [-0.3, -0.25) is 14.4 Å². The molecular formula is C18H27N3O4. The third-order valence-corrected chi connectivity index (χ3v) is 3.80. The van der Waals surface area contributed by atoms with Crippen LogP contribution in [0.2, 0.25) is 0 Å². The summed E-state index contributed by atoms with van der Waals surface area (Å²) in [5, 5.41) is 5.26. The van der Waals surface area contributed by atoms with Crippen molar-refractivity contribution >= 4 is 17.7 Å². The van der Waals surface area contributed by atoms with E-state index >= 15 is 0 Å². The second-order valence-electron chi connectivity index (χ2n) is 5.85. The molecule has 25 heavy (non-hydrogen) atoms.